The number of terminal acetylenes is 1. The number of hydrogen-bond donors (Lipinski definition) is 2. The monoisotopic (exact) mass is 257 g/mol. The molecule has 0 bridgehead atoms. The lowest BCUT2D eigenvalue weighted by Crippen LogP contribution is -2.25. The van der Waals surface area contributed by atoms with E-state index in [1.165, 1.54) is 0 Å². The van der Waals surface area contributed by atoms with Gasteiger partial charge in [-0.25, -0.2) is 4.79 Å². The molecule has 0 aliphatic heterocycles. The van der Waals surface area contributed by atoms with E-state index in [1.807, 2.05) is 25.1 Å². The zero-order chi connectivity index (χ0) is 13.8. The van der Waals surface area contributed by atoms with Gasteiger partial charge in [-0.1, -0.05) is 18.2 Å². The maximum atomic E-state index is 11.2. The van der Waals surface area contributed by atoms with E-state index in [0.29, 0.717) is 24.1 Å². The highest BCUT2D eigenvalue weighted by Crippen LogP contribution is 2.25. The molecule has 2 N–H and O–H groups in total. The molecule has 2 rings (SSSR count). The zero-order valence-electron chi connectivity index (χ0n) is 10.6. The number of hydrogen-bond acceptors (Lipinski definition) is 3. The van der Waals surface area contributed by atoms with Crippen molar-refractivity contribution in [1.29, 1.82) is 0 Å². The Morgan fingerprint density at radius 3 is 2.95 bits per heavy atom. The van der Waals surface area contributed by atoms with E-state index in [0.717, 1.165) is 5.39 Å². The molecule has 1 aromatic carbocycles. The summed E-state index contributed by atoms with van der Waals surface area (Å²) in [4.78, 5) is 11.2. The maximum absolute atomic E-state index is 11.2. The van der Waals surface area contributed by atoms with Crippen LogP contribution in [0.1, 0.15) is 29.5 Å². The fourth-order valence-corrected chi connectivity index (χ4v) is 1.97. The van der Waals surface area contributed by atoms with E-state index in [9.17, 15) is 9.90 Å². The smallest absolute Gasteiger partial charge is 0.372 e. The summed E-state index contributed by atoms with van der Waals surface area (Å²) in [5.41, 5.74) is 1.24. The highest BCUT2D eigenvalue weighted by atomic mass is 16.4. The molecule has 4 heteroatoms. The van der Waals surface area contributed by atoms with Gasteiger partial charge in [-0.2, -0.15) is 0 Å². The summed E-state index contributed by atoms with van der Waals surface area (Å²) < 4.78 is 5.37. The first kappa shape index (κ1) is 13.2. The molecule has 0 fully saturated rings. The van der Waals surface area contributed by atoms with Gasteiger partial charge in [-0.3, -0.25) is 0 Å². The third-order valence-electron chi connectivity index (χ3n) is 2.94. The molecular weight excluding hydrogens is 242 g/mol. The Labute approximate surface area is 111 Å². The number of carboxylic acids is 1. The molecule has 0 amide bonds. The standard InChI is InChI=1S/C15H15NO3/c1-3-6-10(2)16-9-12-11-7-4-5-8-13(11)19-14(12)15(17)18/h1,4-5,7-8,10,16H,6,9H2,2H3,(H,17,18). The molecule has 0 saturated heterocycles. The number of benzene rings is 1. The molecule has 0 spiro atoms. The first-order chi connectivity index (χ1) is 9.13. The highest BCUT2D eigenvalue weighted by Gasteiger charge is 2.19. The third-order valence-corrected chi connectivity index (χ3v) is 2.94. The Balaban J connectivity index is 2.32. The van der Waals surface area contributed by atoms with Crippen LogP contribution in [0.4, 0.5) is 0 Å². The van der Waals surface area contributed by atoms with Crippen molar-refractivity contribution in [3.05, 3.63) is 35.6 Å². The van der Waals surface area contributed by atoms with Crippen molar-refractivity contribution in [1.82, 2.24) is 5.32 Å². The SMILES string of the molecule is C#CCC(C)NCc1c(C(=O)O)oc2ccccc12. The van der Waals surface area contributed by atoms with Gasteiger partial charge < -0.3 is 14.8 Å². The molecule has 0 saturated carbocycles. The molecule has 19 heavy (non-hydrogen) atoms. The minimum Gasteiger partial charge on any atom is -0.475 e. The number of rotatable bonds is 5. The molecule has 2 aromatic rings. The number of carboxylic acid groups (broad SMARTS) is 1. The van der Waals surface area contributed by atoms with E-state index in [2.05, 4.69) is 11.2 Å². The first-order valence-electron chi connectivity index (χ1n) is 6.04. The lowest BCUT2D eigenvalue weighted by atomic mass is 10.1. The normalized spacial score (nSPS) is 12.2. The fraction of sp³-hybridized carbons (Fsp3) is 0.267. The van der Waals surface area contributed by atoms with E-state index < -0.39 is 5.97 Å². The predicted molar refractivity (Wildman–Crippen MR) is 72.9 cm³/mol. The molecule has 0 aliphatic rings. The van der Waals surface area contributed by atoms with Crippen LogP contribution < -0.4 is 5.32 Å². The van der Waals surface area contributed by atoms with Crippen LogP contribution in [0.15, 0.2) is 28.7 Å². The van der Waals surface area contributed by atoms with Gasteiger partial charge in [0, 0.05) is 30.0 Å². The fourth-order valence-electron chi connectivity index (χ4n) is 1.97. The summed E-state index contributed by atoms with van der Waals surface area (Å²) in [6.07, 6.45) is 5.84. The van der Waals surface area contributed by atoms with Crippen LogP contribution in [0.5, 0.6) is 0 Å². The first-order valence-corrected chi connectivity index (χ1v) is 6.04. The molecule has 1 heterocycles. The van der Waals surface area contributed by atoms with Crippen LogP contribution in [-0.2, 0) is 6.54 Å². The Morgan fingerprint density at radius 1 is 1.53 bits per heavy atom. The van der Waals surface area contributed by atoms with E-state index >= 15 is 0 Å². The van der Waals surface area contributed by atoms with Crippen molar-refractivity contribution in [2.75, 3.05) is 0 Å². The van der Waals surface area contributed by atoms with Crippen LogP contribution >= 0.6 is 0 Å². The van der Waals surface area contributed by atoms with Gasteiger partial charge in [0.15, 0.2) is 0 Å². The van der Waals surface area contributed by atoms with Crippen LogP contribution in [0.3, 0.4) is 0 Å². The minimum absolute atomic E-state index is 0.0124. The molecule has 0 aliphatic carbocycles. The van der Waals surface area contributed by atoms with Crippen LogP contribution in [0, 0.1) is 12.3 Å². The van der Waals surface area contributed by atoms with Crippen molar-refractivity contribution in [2.24, 2.45) is 0 Å². The van der Waals surface area contributed by atoms with Crippen LogP contribution in [0.2, 0.25) is 0 Å². The molecule has 1 atom stereocenters. The van der Waals surface area contributed by atoms with Crippen LogP contribution in [-0.4, -0.2) is 17.1 Å². The lowest BCUT2D eigenvalue weighted by molar-refractivity contribution is 0.0663. The van der Waals surface area contributed by atoms with Gasteiger partial charge in [0.25, 0.3) is 0 Å². The van der Waals surface area contributed by atoms with Crippen molar-refractivity contribution in [3.63, 3.8) is 0 Å². The van der Waals surface area contributed by atoms with Crippen molar-refractivity contribution in [2.45, 2.75) is 25.9 Å². The molecule has 98 valence electrons. The number of nitrogens with one attached hydrogen (secondary N) is 1. The summed E-state index contributed by atoms with van der Waals surface area (Å²) in [5.74, 6) is 1.50. The Bertz CT molecular complexity index is 636. The Morgan fingerprint density at radius 2 is 2.26 bits per heavy atom. The summed E-state index contributed by atoms with van der Waals surface area (Å²) in [6.45, 7) is 2.38. The minimum atomic E-state index is -1.06. The molecule has 0 radical (unpaired) electrons. The summed E-state index contributed by atoms with van der Waals surface area (Å²) in [5, 5.41) is 13.2. The second-order valence-electron chi connectivity index (χ2n) is 4.40. The van der Waals surface area contributed by atoms with E-state index in [-0.39, 0.29) is 11.8 Å². The average molecular weight is 257 g/mol. The van der Waals surface area contributed by atoms with E-state index in [1.54, 1.807) is 6.07 Å². The number of fused-ring (bicyclic) bond motifs is 1. The van der Waals surface area contributed by atoms with Gasteiger partial charge in [0.2, 0.25) is 5.76 Å². The maximum Gasteiger partial charge on any atom is 0.372 e. The largest absolute Gasteiger partial charge is 0.475 e. The highest BCUT2D eigenvalue weighted by molar-refractivity contribution is 5.95. The molecule has 4 nitrogen and oxygen atoms in total. The third kappa shape index (κ3) is 2.78. The summed E-state index contributed by atoms with van der Waals surface area (Å²) >= 11 is 0. The number of aromatic carboxylic acids is 1. The van der Waals surface area contributed by atoms with Gasteiger partial charge >= 0.3 is 5.97 Å². The second-order valence-corrected chi connectivity index (χ2v) is 4.40. The predicted octanol–water partition coefficient (Wildman–Crippen LogP) is 2.63. The van der Waals surface area contributed by atoms with Gasteiger partial charge in [0.05, 0.1) is 0 Å². The summed E-state index contributed by atoms with van der Waals surface area (Å²) in [6, 6.07) is 7.41. The van der Waals surface area contributed by atoms with E-state index in [4.69, 9.17) is 10.8 Å². The lowest BCUT2D eigenvalue weighted by Gasteiger charge is -2.10. The number of para-hydroxylation sites is 1. The van der Waals surface area contributed by atoms with Gasteiger partial charge in [-0.15, -0.1) is 12.3 Å². The topological polar surface area (TPSA) is 62.5 Å². The summed E-state index contributed by atoms with van der Waals surface area (Å²) in [7, 11) is 0. The zero-order valence-corrected chi connectivity index (χ0v) is 10.6. The molecule has 1 aromatic heterocycles. The second kappa shape index (κ2) is 5.59. The van der Waals surface area contributed by atoms with Crippen molar-refractivity contribution >= 4 is 16.9 Å². The van der Waals surface area contributed by atoms with Crippen LogP contribution in [0.25, 0.3) is 11.0 Å². The number of carbonyl (C=O) groups is 1. The quantitative estimate of drug-likeness (QED) is 0.808. The molecular formula is C15H15NO3. The van der Waals surface area contributed by atoms with Crippen molar-refractivity contribution in [3.8, 4) is 12.3 Å². The Hall–Kier alpha value is -2.25. The van der Waals surface area contributed by atoms with Crippen molar-refractivity contribution < 1.29 is 14.3 Å². The van der Waals surface area contributed by atoms with Gasteiger partial charge in [0.1, 0.15) is 5.58 Å². The van der Waals surface area contributed by atoms with Gasteiger partial charge in [-0.05, 0) is 13.0 Å². The average Bonchev–Trinajstić information content (AvgIpc) is 2.75. The number of furan rings is 1. The molecule has 1 unspecified atom stereocenters. The Kier molecular flexibility index (Phi) is 3.88.